The standard InChI is InChI=1S/C19H22N6O3/c1-11-7-16(25-6-5-14-17(20)22-10-23-18(14)25)28-15(11)9-27-13-4-2-3-12(8-13)24-19(21)26/h2-6,8,10-11,15-16H,7,9H2,1H3,(H2,20,22,23)(H3,21,24,26). The molecule has 1 aliphatic heterocycles. The third-order valence-electron chi connectivity index (χ3n) is 4.91. The van der Waals surface area contributed by atoms with Crippen LogP contribution in [0.4, 0.5) is 16.3 Å². The summed E-state index contributed by atoms with van der Waals surface area (Å²) >= 11 is 0. The first kappa shape index (κ1) is 18.1. The highest BCUT2D eigenvalue weighted by molar-refractivity contribution is 5.88. The van der Waals surface area contributed by atoms with Crippen LogP contribution in [0.1, 0.15) is 19.6 Å². The van der Waals surface area contributed by atoms with Crippen LogP contribution in [-0.4, -0.2) is 33.3 Å². The lowest BCUT2D eigenvalue weighted by Crippen LogP contribution is -2.23. The second-order valence-corrected chi connectivity index (χ2v) is 6.89. The third-order valence-corrected chi connectivity index (χ3v) is 4.91. The van der Waals surface area contributed by atoms with E-state index in [1.54, 1.807) is 18.2 Å². The quantitative estimate of drug-likeness (QED) is 0.621. The number of primary amides is 1. The summed E-state index contributed by atoms with van der Waals surface area (Å²) in [6.45, 7) is 2.53. The topological polar surface area (TPSA) is 130 Å². The maximum Gasteiger partial charge on any atom is 0.316 e. The Morgan fingerprint density at radius 3 is 3.07 bits per heavy atom. The van der Waals surface area contributed by atoms with Gasteiger partial charge in [0, 0.05) is 18.0 Å². The summed E-state index contributed by atoms with van der Waals surface area (Å²) in [5.41, 5.74) is 12.4. The molecule has 0 bridgehead atoms. The van der Waals surface area contributed by atoms with E-state index in [0.29, 0.717) is 29.8 Å². The lowest BCUT2D eigenvalue weighted by Gasteiger charge is -2.17. The lowest BCUT2D eigenvalue weighted by atomic mass is 10.0. The van der Waals surface area contributed by atoms with E-state index in [2.05, 4.69) is 22.2 Å². The summed E-state index contributed by atoms with van der Waals surface area (Å²) in [4.78, 5) is 19.3. The lowest BCUT2D eigenvalue weighted by molar-refractivity contribution is -0.0224. The van der Waals surface area contributed by atoms with E-state index in [0.717, 1.165) is 17.5 Å². The number of ether oxygens (including phenoxy) is 2. The van der Waals surface area contributed by atoms with E-state index in [4.69, 9.17) is 20.9 Å². The van der Waals surface area contributed by atoms with E-state index in [1.165, 1.54) is 6.33 Å². The molecule has 1 aromatic carbocycles. The third kappa shape index (κ3) is 3.56. The number of aromatic nitrogens is 3. The number of urea groups is 1. The average molecular weight is 382 g/mol. The van der Waals surface area contributed by atoms with Gasteiger partial charge < -0.3 is 30.8 Å². The summed E-state index contributed by atoms with van der Waals surface area (Å²) in [6.07, 6.45) is 4.01. The molecule has 1 aliphatic rings. The van der Waals surface area contributed by atoms with Crippen LogP contribution < -0.4 is 21.5 Å². The number of amides is 2. The molecule has 3 aromatic rings. The van der Waals surface area contributed by atoms with Gasteiger partial charge in [0.15, 0.2) is 0 Å². The van der Waals surface area contributed by atoms with E-state index < -0.39 is 6.03 Å². The van der Waals surface area contributed by atoms with Crippen molar-refractivity contribution in [3.05, 3.63) is 42.9 Å². The van der Waals surface area contributed by atoms with Crippen LogP contribution in [0.5, 0.6) is 5.75 Å². The van der Waals surface area contributed by atoms with Gasteiger partial charge in [-0.2, -0.15) is 0 Å². The van der Waals surface area contributed by atoms with E-state index in [9.17, 15) is 4.79 Å². The molecular formula is C19H22N6O3. The van der Waals surface area contributed by atoms with Crippen molar-refractivity contribution in [3.8, 4) is 5.75 Å². The number of benzene rings is 1. The van der Waals surface area contributed by atoms with Crippen molar-refractivity contribution in [2.75, 3.05) is 17.7 Å². The SMILES string of the molecule is CC1CC(n2ccc3c(N)ncnc32)OC1COc1cccc(NC(N)=O)c1. The van der Waals surface area contributed by atoms with Gasteiger partial charge in [0.05, 0.1) is 11.5 Å². The minimum absolute atomic E-state index is 0.0746. The zero-order valence-corrected chi connectivity index (χ0v) is 15.4. The Morgan fingerprint density at radius 2 is 2.25 bits per heavy atom. The predicted octanol–water partition coefficient (Wildman–Crippen LogP) is 2.51. The molecule has 3 unspecified atom stereocenters. The number of hydrogen-bond acceptors (Lipinski definition) is 6. The molecule has 5 N–H and O–H groups in total. The Balaban J connectivity index is 1.43. The fourth-order valence-corrected chi connectivity index (χ4v) is 3.45. The van der Waals surface area contributed by atoms with Crippen LogP contribution in [0.25, 0.3) is 11.0 Å². The van der Waals surface area contributed by atoms with E-state index >= 15 is 0 Å². The van der Waals surface area contributed by atoms with Crippen molar-refractivity contribution in [1.29, 1.82) is 0 Å². The van der Waals surface area contributed by atoms with Crippen LogP contribution >= 0.6 is 0 Å². The summed E-state index contributed by atoms with van der Waals surface area (Å²) in [5, 5.41) is 3.35. The zero-order valence-electron chi connectivity index (χ0n) is 15.4. The number of nitrogens with zero attached hydrogens (tertiary/aromatic N) is 3. The van der Waals surface area contributed by atoms with Gasteiger partial charge in [0.25, 0.3) is 0 Å². The maximum absolute atomic E-state index is 11.0. The first-order valence-electron chi connectivity index (χ1n) is 9.03. The highest BCUT2D eigenvalue weighted by Crippen LogP contribution is 2.36. The first-order chi connectivity index (χ1) is 13.5. The molecule has 4 rings (SSSR count). The van der Waals surface area contributed by atoms with Gasteiger partial charge in [0.2, 0.25) is 0 Å². The van der Waals surface area contributed by atoms with Gasteiger partial charge in [-0.3, -0.25) is 0 Å². The zero-order chi connectivity index (χ0) is 19.7. The Bertz CT molecular complexity index is 1000. The second-order valence-electron chi connectivity index (χ2n) is 6.89. The summed E-state index contributed by atoms with van der Waals surface area (Å²) in [7, 11) is 0. The van der Waals surface area contributed by atoms with Gasteiger partial charge in [-0.15, -0.1) is 0 Å². The molecule has 2 aromatic heterocycles. The van der Waals surface area contributed by atoms with Crippen molar-refractivity contribution in [1.82, 2.24) is 14.5 Å². The van der Waals surface area contributed by atoms with Crippen molar-refractivity contribution in [2.45, 2.75) is 25.7 Å². The number of fused-ring (bicyclic) bond motifs is 1. The number of anilines is 2. The molecule has 146 valence electrons. The first-order valence-corrected chi connectivity index (χ1v) is 9.03. The number of carbonyl (C=O) groups excluding carboxylic acids is 1. The number of hydrogen-bond donors (Lipinski definition) is 3. The Morgan fingerprint density at radius 1 is 1.39 bits per heavy atom. The molecule has 9 nitrogen and oxygen atoms in total. The molecule has 1 fully saturated rings. The van der Waals surface area contributed by atoms with Gasteiger partial charge in [0.1, 0.15) is 36.4 Å². The minimum atomic E-state index is -0.615. The summed E-state index contributed by atoms with van der Waals surface area (Å²) < 4.78 is 14.1. The molecule has 3 heterocycles. The molecule has 3 atom stereocenters. The Labute approximate surface area is 161 Å². The normalized spacial score (nSPS) is 21.7. The van der Waals surface area contributed by atoms with Crippen LogP contribution in [0, 0.1) is 5.92 Å². The van der Waals surface area contributed by atoms with E-state index in [-0.39, 0.29) is 12.3 Å². The molecular weight excluding hydrogens is 360 g/mol. The Kier molecular flexibility index (Phi) is 4.74. The fraction of sp³-hybridized carbons (Fsp3) is 0.316. The highest BCUT2D eigenvalue weighted by atomic mass is 16.6. The number of nitrogen functional groups attached to an aromatic ring is 1. The highest BCUT2D eigenvalue weighted by Gasteiger charge is 2.34. The summed E-state index contributed by atoms with van der Waals surface area (Å²) in [6, 6.07) is 8.37. The van der Waals surface area contributed by atoms with Gasteiger partial charge in [-0.05, 0) is 30.5 Å². The van der Waals surface area contributed by atoms with Crippen LogP contribution in [0.15, 0.2) is 42.9 Å². The van der Waals surface area contributed by atoms with Crippen LogP contribution in [0.2, 0.25) is 0 Å². The minimum Gasteiger partial charge on any atom is -0.491 e. The Hall–Kier alpha value is -3.33. The molecule has 0 radical (unpaired) electrons. The van der Waals surface area contributed by atoms with Crippen molar-refractivity contribution in [2.24, 2.45) is 11.7 Å². The van der Waals surface area contributed by atoms with Gasteiger partial charge in [-0.25, -0.2) is 14.8 Å². The average Bonchev–Trinajstić information content (AvgIpc) is 3.24. The predicted molar refractivity (Wildman–Crippen MR) is 105 cm³/mol. The fourth-order valence-electron chi connectivity index (χ4n) is 3.45. The summed E-state index contributed by atoms with van der Waals surface area (Å²) in [5.74, 6) is 1.39. The van der Waals surface area contributed by atoms with Crippen LogP contribution in [-0.2, 0) is 4.74 Å². The molecule has 0 spiro atoms. The number of carbonyl (C=O) groups is 1. The monoisotopic (exact) mass is 382 g/mol. The van der Waals surface area contributed by atoms with Crippen molar-refractivity contribution < 1.29 is 14.3 Å². The largest absolute Gasteiger partial charge is 0.491 e. The molecule has 2 amide bonds. The van der Waals surface area contributed by atoms with Gasteiger partial charge in [-0.1, -0.05) is 13.0 Å². The molecule has 0 saturated carbocycles. The smallest absolute Gasteiger partial charge is 0.316 e. The number of rotatable bonds is 5. The molecule has 1 saturated heterocycles. The van der Waals surface area contributed by atoms with Crippen LogP contribution in [0.3, 0.4) is 0 Å². The second kappa shape index (κ2) is 7.35. The van der Waals surface area contributed by atoms with Crippen molar-refractivity contribution >= 4 is 28.6 Å². The molecule has 9 heteroatoms. The number of nitrogens with two attached hydrogens (primary N) is 2. The molecule has 0 aliphatic carbocycles. The van der Waals surface area contributed by atoms with Crippen molar-refractivity contribution in [3.63, 3.8) is 0 Å². The maximum atomic E-state index is 11.0. The molecule has 28 heavy (non-hydrogen) atoms. The van der Waals surface area contributed by atoms with E-state index in [1.807, 2.05) is 22.9 Å². The number of nitrogens with one attached hydrogen (secondary N) is 1. The van der Waals surface area contributed by atoms with Gasteiger partial charge >= 0.3 is 6.03 Å².